The molecule has 0 nitrogen and oxygen atoms in total. The van der Waals surface area contributed by atoms with Gasteiger partial charge in [-0.15, -0.1) is 0 Å². The summed E-state index contributed by atoms with van der Waals surface area (Å²) < 4.78 is 0.288. The van der Waals surface area contributed by atoms with E-state index in [1.54, 1.807) is 5.56 Å². The molecule has 2 aromatic carbocycles. The van der Waals surface area contributed by atoms with Crippen molar-refractivity contribution in [2.45, 2.75) is 25.2 Å². The summed E-state index contributed by atoms with van der Waals surface area (Å²) in [6.07, 6.45) is 2.56. The fourth-order valence-electron chi connectivity index (χ4n) is 3.09. The minimum absolute atomic E-state index is 0.288. The summed E-state index contributed by atoms with van der Waals surface area (Å²) >= 11 is -2.14. The van der Waals surface area contributed by atoms with Crippen molar-refractivity contribution in [3.8, 4) is 0 Å². The van der Waals surface area contributed by atoms with Crippen molar-refractivity contribution in [3.05, 3.63) is 77.4 Å². The van der Waals surface area contributed by atoms with Crippen LogP contribution in [-0.2, 0) is 3.43 Å². The van der Waals surface area contributed by atoms with Gasteiger partial charge in [-0.05, 0) is 0 Å². The molecule has 1 atom stereocenters. The van der Waals surface area contributed by atoms with Gasteiger partial charge in [-0.2, -0.15) is 0 Å². The fraction of sp³-hybridized carbons (Fsp3) is 0.263. The third-order valence-electron chi connectivity index (χ3n) is 4.85. The molecule has 1 aliphatic carbocycles. The van der Waals surface area contributed by atoms with E-state index in [0.717, 1.165) is 0 Å². The number of hydrogen-bond acceptors (Lipinski definition) is 0. The van der Waals surface area contributed by atoms with Gasteiger partial charge in [-0.1, -0.05) is 0 Å². The van der Waals surface area contributed by atoms with E-state index in [2.05, 4.69) is 82.4 Å². The second-order valence-electron chi connectivity index (χ2n) is 6.92. The molecule has 1 heteroatoms. The van der Waals surface area contributed by atoms with Crippen LogP contribution in [0.2, 0.25) is 14.8 Å². The average Bonchev–Trinajstić information content (AvgIpc) is 2.75. The molecule has 0 saturated heterocycles. The van der Waals surface area contributed by atoms with Crippen molar-refractivity contribution in [1.82, 2.24) is 0 Å². The van der Waals surface area contributed by atoms with Gasteiger partial charge in [-0.25, -0.2) is 0 Å². The molecule has 0 bridgehead atoms. The van der Waals surface area contributed by atoms with Crippen molar-refractivity contribution in [3.63, 3.8) is 0 Å². The summed E-state index contributed by atoms with van der Waals surface area (Å²) in [4.78, 5) is 7.61. The van der Waals surface area contributed by atoms with Crippen molar-refractivity contribution in [1.29, 1.82) is 0 Å². The SMILES string of the molecule is C[C]1([Sn]([CH3])([CH3])[CH3])C=C(c2ccccc2)c2ccccc21. The molecule has 0 fully saturated rings. The summed E-state index contributed by atoms with van der Waals surface area (Å²) in [7, 11) is 0. The van der Waals surface area contributed by atoms with E-state index in [9.17, 15) is 0 Å². The molecule has 102 valence electrons. The number of hydrogen-bond donors (Lipinski definition) is 0. The maximum atomic E-state index is 2.56. The molecule has 3 rings (SSSR count). The van der Waals surface area contributed by atoms with Crippen LogP contribution in [0, 0.1) is 0 Å². The van der Waals surface area contributed by atoms with Crippen molar-refractivity contribution >= 4 is 24.0 Å². The molecule has 20 heavy (non-hydrogen) atoms. The van der Waals surface area contributed by atoms with Crippen LogP contribution in [0.5, 0.6) is 0 Å². The van der Waals surface area contributed by atoms with Gasteiger partial charge in [0.25, 0.3) is 0 Å². The van der Waals surface area contributed by atoms with Crippen LogP contribution < -0.4 is 0 Å². The van der Waals surface area contributed by atoms with Gasteiger partial charge in [0.05, 0.1) is 0 Å². The average molecular weight is 369 g/mol. The molecule has 1 unspecified atom stereocenters. The van der Waals surface area contributed by atoms with Gasteiger partial charge in [0.15, 0.2) is 0 Å². The molecule has 0 aliphatic heterocycles. The first-order valence-corrected chi connectivity index (χ1v) is 17.3. The van der Waals surface area contributed by atoms with E-state index >= 15 is 0 Å². The summed E-state index contributed by atoms with van der Waals surface area (Å²) in [5.74, 6) is 0. The standard InChI is InChI=1S/C16H13.3CH3.Sn/c1-12-11-16(13-7-3-2-4-8-13)15-10-6-5-9-14(12)15;;;;/h2-11H,1H3;3*1H3;. The first-order chi connectivity index (χ1) is 9.43. The van der Waals surface area contributed by atoms with E-state index in [0.29, 0.717) is 0 Å². The van der Waals surface area contributed by atoms with Crippen molar-refractivity contribution < 1.29 is 0 Å². The predicted octanol–water partition coefficient (Wildman–Crippen LogP) is 5.27. The predicted molar refractivity (Wildman–Crippen MR) is 90.7 cm³/mol. The summed E-state index contributed by atoms with van der Waals surface area (Å²) in [5, 5.41) is 0. The number of benzene rings is 2. The fourth-order valence-corrected chi connectivity index (χ4v) is 7.67. The maximum absolute atomic E-state index is 2.56. The summed E-state index contributed by atoms with van der Waals surface area (Å²) in [5.41, 5.74) is 5.75. The molecule has 0 aromatic heterocycles. The molecule has 2 aromatic rings. The molecule has 0 amide bonds. The molecule has 1 aliphatic rings. The number of allylic oxidation sites excluding steroid dienone is 1. The van der Waals surface area contributed by atoms with Crippen LogP contribution in [0.1, 0.15) is 23.6 Å². The molecular formula is C19H22Sn. The summed E-state index contributed by atoms with van der Waals surface area (Å²) in [6, 6.07) is 19.8. The Kier molecular flexibility index (Phi) is 3.32. The van der Waals surface area contributed by atoms with E-state index < -0.39 is 18.4 Å². The van der Waals surface area contributed by atoms with Crippen molar-refractivity contribution in [2.75, 3.05) is 0 Å². The Balaban J connectivity index is 2.25. The zero-order chi connectivity index (χ0) is 14.4. The Morgan fingerprint density at radius 2 is 1.40 bits per heavy atom. The van der Waals surface area contributed by atoms with Crippen LogP contribution in [0.4, 0.5) is 0 Å². The van der Waals surface area contributed by atoms with E-state index in [-0.39, 0.29) is 3.43 Å². The van der Waals surface area contributed by atoms with Gasteiger partial charge in [-0.3, -0.25) is 0 Å². The van der Waals surface area contributed by atoms with Gasteiger partial charge in [0.1, 0.15) is 0 Å². The molecule has 0 heterocycles. The van der Waals surface area contributed by atoms with Gasteiger partial charge in [0.2, 0.25) is 0 Å². The Morgan fingerprint density at radius 1 is 0.800 bits per heavy atom. The molecule has 0 spiro atoms. The Bertz CT molecular complexity index is 662. The van der Waals surface area contributed by atoms with Gasteiger partial charge >= 0.3 is 126 Å². The van der Waals surface area contributed by atoms with Crippen molar-refractivity contribution in [2.24, 2.45) is 0 Å². The van der Waals surface area contributed by atoms with E-state index in [4.69, 9.17) is 0 Å². The monoisotopic (exact) mass is 370 g/mol. The molecule has 0 radical (unpaired) electrons. The second kappa shape index (κ2) is 4.77. The van der Waals surface area contributed by atoms with Crippen LogP contribution in [-0.4, -0.2) is 18.4 Å². The molecular weight excluding hydrogens is 347 g/mol. The number of rotatable bonds is 2. The van der Waals surface area contributed by atoms with E-state index in [1.165, 1.54) is 16.7 Å². The number of fused-ring (bicyclic) bond motifs is 1. The third kappa shape index (κ3) is 2.05. The van der Waals surface area contributed by atoms with Crippen LogP contribution >= 0.6 is 0 Å². The van der Waals surface area contributed by atoms with Crippen LogP contribution in [0.15, 0.2) is 60.7 Å². The topological polar surface area (TPSA) is 0 Å². The van der Waals surface area contributed by atoms with Crippen LogP contribution in [0.25, 0.3) is 5.57 Å². The zero-order valence-electron chi connectivity index (χ0n) is 12.8. The first-order valence-electron chi connectivity index (χ1n) is 7.32. The van der Waals surface area contributed by atoms with Gasteiger partial charge < -0.3 is 0 Å². The zero-order valence-corrected chi connectivity index (χ0v) is 15.6. The van der Waals surface area contributed by atoms with Crippen LogP contribution in [0.3, 0.4) is 0 Å². The first kappa shape index (κ1) is 13.9. The molecule has 0 N–H and O–H groups in total. The summed E-state index contributed by atoms with van der Waals surface area (Å²) in [6.45, 7) is 2.46. The second-order valence-corrected chi connectivity index (χ2v) is 22.7. The Morgan fingerprint density at radius 3 is 2.05 bits per heavy atom. The van der Waals surface area contributed by atoms with Gasteiger partial charge in [0, 0.05) is 0 Å². The minimum atomic E-state index is -2.14. The van der Waals surface area contributed by atoms with E-state index in [1.807, 2.05) is 0 Å². The Hall–Kier alpha value is -1.02. The normalized spacial score (nSPS) is 21.5. The molecule has 0 saturated carbocycles. The Labute approximate surface area is 126 Å². The quantitative estimate of drug-likeness (QED) is 0.633. The third-order valence-corrected chi connectivity index (χ3v) is 14.9.